The molecule has 0 bridgehead atoms. The summed E-state index contributed by atoms with van der Waals surface area (Å²) in [4.78, 5) is 0. The summed E-state index contributed by atoms with van der Waals surface area (Å²) < 4.78 is 0. The molecule has 3 heteroatoms. The zero-order valence-corrected chi connectivity index (χ0v) is 5.64. The van der Waals surface area contributed by atoms with Crippen molar-refractivity contribution in [2.45, 2.75) is 13.8 Å². The largest absolute Gasteiger partial charge is 0.412 e. The molecular weight excluding hydrogens is 116 g/mol. The molecule has 0 aliphatic carbocycles. The van der Waals surface area contributed by atoms with E-state index >= 15 is 0 Å². The summed E-state index contributed by atoms with van der Waals surface area (Å²) in [6.45, 7) is 4.00. The molecule has 0 spiro atoms. The molecule has 0 saturated heterocycles. The summed E-state index contributed by atoms with van der Waals surface area (Å²) >= 11 is 0. The summed E-state index contributed by atoms with van der Waals surface area (Å²) in [5.41, 5.74) is 0. The normalized spacial score (nSPS) is 3.00. The fourth-order valence-corrected chi connectivity index (χ4v) is 0. The molecule has 4 N–H and O–H groups in total. The first-order valence-electron chi connectivity index (χ1n) is 1.15. The zero-order valence-electron chi connectivity index (χ0n) is 4.08. The molecule has 0 radical (unpaired) electrons. The summed E-state index contributed by atoms with van der Waals surface area (Å²) in [5.74, 6) is 0. The third-order valence-electron chi connectivity index (χ3n) is 0. The van der Waals surface area contributed by atoms with Crippen molar-refractivity contribution in [1.29, 1.82) is 0 Å². The van der Waals surface area contributed by atoms with Gasteiger partial charge in [-0.3, -0.25) is 0 Å². The molecule has 0 unspecified atom stereocenters. The molecule has 0 fully saturated rings. The second-order valence-electron chi connectivity index (χ2n) is 0.577. The van der Waals surface area contributed by atoms with Crippen LogP contribution < -0.4 is 0 Å². The fraction of sp³-hybridized carbons (Fsp3) is 0.667. The van der Waals surface area contributed by atoms with Gasteiger partial charge in [0.15, 0.2) is 0 Å². The minimum Gasteiger partial charge on any atom is -0.412 e. The Morgan fingerprint density at radius 3 is 1.00 bits per heavy atom. The van der Waals surface area contributed by atoms with Gasteiger partial charge >= 0.3 is 0 Å². The monoisotopic (exact) mass is 127 g/mol. The maximum Gasteiger partial charge on any atom is 0 e. The van der Waals surface area contributed by atoms with E-state index in [0.717, 1.165) is 0 Å². The van der Waals surface area contributed by atoms with Crippen molar-refractivity contribution in [3.8, 4) is 0 Å². The van der Waals surface area contributed by atoms with Crippen LogP contribution in [0.4, 0.5) is 0 Å². The van der Waals surface area contributed by atoms with Crippen LogP contribution in [0.25, 0.3) is 0 Å². The van der Waals surface area contributed by atoms with E-state index in [9.17, 15) is 0 Å². The molecule has 2 nitrogen and oxygen atoms in total. The average Bonchev–Trinajstić information content (AvgIpc) is 0.918. The molecule has 0 rings (SSSR count). The molecule has 0 aliphatic heterocycles. The number of rotatable bonds is 0. The molecule has 0 heterocycles. The average molecular weight is 127 g/mol. The third kappa shape index (κ3) is 152. The van der Waals surface area contributed by atoms with Crippen LogP contribution in [0.15, 0.2) is 0 Å². The minimum absolute atomic E-state index is 0. The Hall–Kier alpha value is 0.634. The Labute approximate surface area is 53.4 Å². The van der Waals surface area contributed by atoms with E-state index in [1.54, 1.807) is 0 Å². The van der Waals surface area contributed by atoms with Crippen LogP contribution in [0.5, 0.6) is 0 Å². The van der Waals surface area contributed by atoms with Crippen LogP contribution in [-0.4, -0.2) is 11.0 Å². The number of hydrogen-bond donors (Lipinski definition) is 0. The molecule has 0 aromatic carbocycles. The van der Waals surface area contributed by atoms with Gasteiger partial charge in [-0.05, 0) is 0 Å². The van der Waals surface area contributed by atoms with E-state index in [4.69, 9.17) is 0 Å². The van der Waals surface area contributed by atoms with E-state index in [1.807, 2.05) is 20.3 Å². The van der Waals surface area contributed by atoms with Gasteiger partial charge in [-0.15, -0.1) is 0 Å². The second-order valence-corrected chi connectivity index (χ2v) is 0.577. The van der Waals surface area contributed by atoms with E-state index < -0.39 is 0 Å². The van der Waals surface area contributed by atoms with Gasteiger partial charge in [0.25, 0.3) is 0 Å². The van der Waals surface area contributed by atoms with E-state index in [1.165, 1.54) is 0 Å². The molecule has 0 amide bonds. The maximum atomic E-state index is 2.00. The smallest absolute Gasteiger partial charge is 0 e. The predicted octanol–water partition coefficient (Wildman–Crippen LogP) is -0.421. The molecule has 0 saturated carbocycles. The van der Waals surface area contributed by atoms with E-state index in [-0.39, 0.29) is 32.7 Å². The topological polar surface area (TPSA) is 63.0 Å². The summed E-state index contributed by atoms with van der Waals surface area (Å²) in [6, 6.07) is 0. The van der Waals surface area contributed by atoms with Crippen molar-refractivity contribution in [1.82, 2.24) is 0 Å². The molecule has 6 heavy (non-hydrogen) atoms. The Bertz CT molecular complexity index is 8.75. The summed E-state index contributed by atoms with van der Waals surface area (Å²) in [7, 11) is 0. The van der Waals surface area contributed by atoms with Gasteiger partial charge in [-0.2, -0.15) is 13.8 Å². The van der Waals surface area contributed by atoms with Gasteiger partial charge in [0.1, 0.15) is 0 Å². The van der Waals surface area contributed by atoms with Crippen LogP contribution in [-0.2, 0) is 21.7 Å². The van der Waals surface area contributed by atoms with Crippen LogP contribution in [0, 0.1) is 6.42 Å². The molecule has 0 atom stereocenters. The van der Waals surface area contributed by atoms with Crippen molar-refractivity contribution in [3.63, 3.8) is 0 Å². The van der Waals surface area contributed by atoms with Crippen LogP contribution in [0.3, 0.4) is 0 Å². The van der Waals surface area contributed by atoms with Gasteiger partial charge < -0.3 is 17.4 Å². The molecular formula is C3H11O2Ti-. The van der Waals surface area contributed by atoms with E-state index in [2.05, 4.69) is 0 Å². The quantitative estimate of drug-likeness (QED) is 0.313. The Morgan fingerprint density at radius 1 is 1.00 bits per heavy atom. The number of hydrogen-bond acceptors (Lipinski definition) is 0. The van der Waals surface area contributed by atoms with E-state index in [0.29, 0.717) is 0 Å². The first kappa shape index (κ1) is 30.3. The standard InChI is InChI=1S/C3H7.2H2O.Ti/c1-3-2;;;/h3H,1-2H3;2*1H2;/q-1;;;. The van der Waals surface area contributed by atoms with Crippen LogP contribution >= 0.6 is 0 Å². The second kappa shape index (κ2) is 45.3. The van der Waals surface area contributed by atoms with Crippen LogP contribution in [0.2, 0.25) is 0 Å². The summed E-state index contributed by atoms with van der Waals surface area (Å²) in [5, 5.41) is 0. The fourth-order valence-electron chi connectivity index (χ4n) is 0. The Morgan fingerprint density at radius 2 is 1.00 bits per heavy atom. The van der Waals surface area contributed by atoms with Gasteiger partial charge in [0, 0.05) is 21.7 Å². The first-order chi connectivity index (χ1) is 1.41. The maximum absolute atomic E-state index is 2.00. The molecule has 0 aliphatic rings. The van der Waals surface area contributed by atoms with Crippen molar-refractivity contribution in [2.75, 3.05) is 0 Å². The summed E-state index contributed by atoms with van der Waals surface area (Å²) in [6.07, 6.45) is 2.00. The van der Waals surface area contributed by atoms with Gasteiger partial charge in [-0.25, -0.2) is 0 Å². The van der Waals surface area contributed by atoms with Crippen molar-refractivity contribution in [2.24, 2.45) is 0 Å². The Kier molecular flexibility index (Phi) is 229. The van der Waals surface area contributed by atoms with Crippen LogP contribution in [0.1, 0.15) is 13.8 Å². The van der Waals surface area contributed by atoms with Crippen molar-refractivity contribution in [3.05, 3.63) is 6.42 Å². The molecule has 40 valence electrons. The van der Waals surface area contributed by atoms with Crippen molar-refractivity contribution >= 4 is 0 Å². The van der Waals surface area contributed by atoms with Gasteiger partial charge in [0.05, 0.1) is 0 Å². The first-order valence-corrected chi connectivity index (χ1v) is 1.15. The molecule has 0 aromatic rings. The Balaban J connectivity index is -0.00000000667. The zero-order chi connectivity index (χ0) is 2.71. The third-order valence-corrected chi connectivity index (χ3v) is 0. The minimum atomic E-state index is 0. The predicted molar refractivity (Wildman–Crippen MR) is 22.9 cm³/mol. The van der Waals surface area contributed by atoms with Crippen molar-refractivity contribution < 1.29 is 32.7 Å². The van der Waals surface area contributed by atoms with Gasteiger partial charge in [0.2, 0.25) is 0 Å². The molecule has 0 aromatic heterocycles. The van der Waals surface area contributed by atoms with Gasteiger partial charge in [-0.1, -0.05) is 0 Å². The SMILES string of the molecule is C[CH-]C.O.O.[Ti].